The summed E-state index contributed by atoms with van der Waals surface area (Å²) in [5, 5.41) is 0. The monoisotopic (exact) mass is 198 g/mol. The number of halogens is 1. The first-order valence-electron chi connectivity index (χ1n) is 4.99. The number of piperidine rings is 1. The van der Waals surface area contributed by atoms with E-state index >= 15 is 0 Å². The predicted molar refractivity (Wildman–Crippen MR) is 50.5 cm³/mol. The van der Waals surface area contributed by atoms with Crippen molar-refractivity contribution in [2.75, 3.05) is 13.1 Å². The summed E-state index contributed by atoms with van der Waals surface area (Å²) in [5.41, 5.74) is 0. The molecule has 1 aliphatic rings. The molecule has 14 heavy (non-hydrogen) atoms. The minimum Gasteiger partial charge on any atom is -0.447 e. The summed E-state index contributed by atoms with van der Waals surface area (Å²) < 4.78 is 18.5. The van der Waals surface area contributed by atoms with Gasteiger partial charge in [0.25, 0.3) is 0 Å². The van der Waals surface area contributed by atoms with Crippen molar-refractivity contribution in [2.45, 2.75) is 26.1 Å². The van der Waals surface area contributed by atoms with Crippen molar-refractivity contribution in [2.24, 2.45) is 5.92 Å². The molecule has 2 heterocycles. The number of hydrogen-bond donors (Lipinski definition) is 0. The third kappa shape index (κ3) is 2.12. The van der Waals surface area contributed by atoms with Crippen LogP contribution in [0.4, 0.5) is 4.39 Å². The van der Waals surface area contributed by atoms with Gasteiger partial charge in [0, 0.05) is 6.54 Å². The molecule has 1 unspecified atom stereocenters. The molecule has 78 valence electrons. The van der Waals surface area contributed by atoms with Crippen LogP contribution in [0.5, 0.6) is 0 Å². The van der Waals surface area contributed by atoms with Crippen molar-refractivity contribution in [1.29, 1.82) is 0 Å². The number of oxazole rings is 1. The van der Waals surface area contributed by atoms with Gasteiger partial charge in [0.15, 0.2) is 6.39 Å². The molecule has 1 saturated heterocycles. The van der Waals surface area contributed by atoms with Crippen LogP contribution < -0.4 is 0 Å². The Labute approximate surface area is 82.9 Å². The van der Waals surface area contributed by atoms with Gasteiger partial charge in [0.1, 0.15) is 11.9 Å². The lowest BCUT2D eigenvalue weighted by molar-refractivity contribution is 0.0838. The summed E-state index contributed by atoms with van der Waals surface area (Å²) >= 11 is 0. The number of nitrogens with zero attached hydrogens (tertiary/aromatic N) is 2. The van der Waals surface area contributed by atoms with Gasteiger partial charge in [-0.2, -0.15) is 0 Å². The Morgan fingerprint density at radius 3 is 3.21 bits per heavy atom. The Kier molecular flexibility index (Phi) is 2.82. The lowest BCUT2D eigenvalue weighted by Crippen LogP contribution is -2.40. The summed E-state index contributed by atoms with van der Waals surface area (Å²) in [4.78, 5) is 5.91. The van der Waals surface area contributed by atoms with Gasteiger partial charge in [0.05, 0.1) is 12.7 Å². The molecule has 0 radical (unpaired) electrons. The number of aromatic nitrogens is 1. The van der Waals surface area contributed by atoms with E-state index in [1.54, 1.807) is 6.20 Å². The van der Waals surface area contributed by atoms with Gasteiger partial charge >= 0.3 is 0 Å². The highest BCUT2D eigenvalue weighted by atomic mass is 19.1. The van der Waals surface area contributed by atoms with Crippen molar-refractivity contribution < 1.29 is 8.81 Å². The third-order valence-corrected chi connectivity index (χ3v) is 2.81. The van der Waals surface area contributed by atoms with Crippen molar-refractivity contribution in [1.82, 2.24) is 9.88 Å². The Balaban J connectivity index is 1.88. The second-order valence-electron chi connectivity index (χ2n) is 3.98. The number of hydrogen-bond acceptors (Lipinski definition) is 3. The average Bonchev–Trinajstić information content (AvgIpc) is 2.64. The molecular weight excluding hydrogens is 183 g/mol. The summed E-state index contributed by atoms with van der Waals surface area (Å²) in [5.74, 6) is 1.01. The molecular formula is C10H15FN2O. The van der Waals surface area contributed by atoms with Crippen LogP contribution in [0.15, 0.2) is 17.0 Å². The quantitative estimate of drug-likeness (QED) is 0.726. The van der Waals surface area contributed by atoms with Gasteiger partial charge in [-0.1, -0.05) is 6.92 Å². The van der Waals surface area contributed by atoms with Crippen LogP contribution >= 0.6 is 0 Å². The van der Waals surface area contributed by atoms with Gasteiger partial charge in [-0.3, -0.25) is 4.90 Å². The zero-order chi connectivity index (χ0) is 9.97. The maximum Gasteiger partial charge on any atom is 0.180 e. The molecule has 0 N–H and O–H groups in total. The molecule has 1 aliphatic heterocycles. The van der Waals surface area contributed by atoms with Gasteiger partial charge < -0.3 is 4.42 Å². The maximum absolute atomic E-state index is 13.4. The van der Waals surface area contributed by atoms with Crippen molar-refractivity contribution in [3.63, 3.8) is 0 Å². The molecule has 4 heteroatoms. The molecule has 0 aromatic carbocycles. The molecule has 3 nitrogen and oxygen atoms in total. The average molecular weight is 198 g/mol. The molecule has 0 spiro atoms. The first-order valence-corrected chi connectivity index (χ1v) is 4.99. The second kappa shape index (κ2) is 4.09. The molecule has 1 aromatic heterocycles. The summed E-state index contributed by atoms with van der Waals surface area (Å²) in [6.45, 7) is 4.10. The van der Waals surface area contributed by atoms with E-state index in [1.807, 2.05) is 6.92 Å². The van der Waals surface area contributed by atoms with Gasteiger partial charge in [-0.25, -0.2) is 9.37 Å². The van der Waals surface area contributed by atoms with Crippen LogP contribution in [-0.2, 0) is 6.54 Å². The fourth-order valence-corrected chi connectivity index (χ4v) is 1.77. The standard InChI is InChI=1S/C10H15FN2O/c1-8-2-3-13(6-10(8)11)5-9-4-12-7-14-9/h4,7-8,10H,2-3,5-6H2,1H3/t8?,10-/m1/s1. The van der Waals surface area contributed by atoms with Gasteiger partial charge in [0.2, 0.25) is 0 Å². The Bertz CT molecular complexity index is 276. The van der Waals surface area contributed by atoms with E-state index in [0.717, 1.165) is 18.7 Å². The lowest BCUT2D eigenvalue weighted by Gasteiger charge is -2.32. The van der Waals surface area contributed by atoms with E-state index in [4.69, 9.17) is 4.42 Å². The van der Waals surface area contributed by atoms with Crippen LogP contribution in [0, 0.1) is 5.92 Å². The normalized spacial score (nSPS) is 29.3. The largest absolute Gasteiger partial charge is 0.447 e. The summed E-state index contributed by atoms with van der Waals surface area (Å²) in [7, 11) is 0. The van der Waals surface area contributed by atoms with E-state index < -0.39 is 6.17 Å². The molecule has 0 aliphatic carbocycles. The Morgan fingerprint density at radius 2 is 2.57 bits per heavy atom. The minimum atomic E-state index is -0.702. The van der Waals surface area contributed by atoms with Crippen LogP contribution in [0.3, 0.4) is 0 Å². The van der Waals surface area contributed by atoms with E-state index in [0.29, 0.717) is 13.1 Å². The molecule has 0 amide bonds. The molecule has 2 atom stereocenters. The molecule has 2 rings (SSSR count). The minimum absolute atomic E-state index is 0.195. The van der Waals surface area contributed by atoms with Crippen LogP contribution in [-0.4, -0.2) is 29.1 Å². The molecule has 0 bridgehead atoms. The molecule has 0 saturated carbocycles. The van der Waals surface area contributed by atoms with Gasteiger partial charge in [-0.15, -0.1) is 0 Å². The third-order valence-electron chi connectivity index (χ3n) is 2.81. The van der Waals surface area contributed by atoms with E-state index in [-0.39, 0.29) is 5.92 Å². The highest BCUT2D eigenvalue weighted by Crippen LogP contribution is 2.21. The lowest BCUT2D eigenvalue weighted by atomic mass is 9.97. The van der Waals surface area contributed by atoms with Crippen LogP contribution in [0.2, 0.25) is 0 Å². The second-order valence-corrected chi connectivity index (χ2v) is 3.98. The van der Waals surface area contributed by atoms with Crippen molar-refractivity contribution >= 4 is 0 Å². The number of rotatable bonds is 2. The first-order chi connectivity index (χ1) is 6.75. The van der Waals surface area contributed by atoms with E-state index in [1.165, 1.54) is 6.39 Å². The molecule has 1 fully saturated rings. The smallest absolute Gasteiger partial charge is 0.180 e. The number of likely N-dealkylation sites (tertiary alicyclic amines) is 1. The van der Waals surface area contributed by atoms with Gasteiger partial charge in [-0.05, 0) is 18.9 Å². The van der Waals surface area contributed by atoms with Crippen molar-refractivity contribution in [3.05, 3.63) is 18.4 Å². The highest BCUT2D eigenvalue weighted by Gasteiger charge is 2.25. The maximum atomic E-state index is 13.4. The van der Waals surface area contributed by atoms with E-state index in [2.05, 4.69) is 9.88 Å². The first kappa shape index (κ1) is 9.65. The summed E-state index contributed by atoms with van der Waals surface area (Å²) in [6.07, 6.45) is 3.32. The van der Waals surface area contributed by atoms with Crippen LogP contribution in [0.25, 0.3) is 0 Å². The SMILES string of the molecule is CC1CCN(Cc2cnco2)C[C@H]1F. The molecule has 1 aromatic rings. The Hall–Kier alpha value is -0.900. The fourth-order valence-electron chi connectivity index (χ4n) is 1.77. The zero-order valence-electron chi connectivity index (χ0n) is 8.32. The van der Waals surface area contributed by atoms with Crippen LogP contribution in [0.1, 0.15) is 19.1 Å². The Morgan fingerprint density at radius 1 is 1.71 bits per heavy atom. The predicted octanol–water partition coefficient (Wildman–Crippen LogP) is 1.85. The van der Waals surface area contributed by atoms with Crippen molar-refractivity contribution in [3.8, 4) is 0 Å². The number of alkyl halides is 1. The summed E-state index contributed by atoms with van der Waals surface area (Å²) in [6, 6.07) is 0. The van der Waals surface area contributed by atoms with E-state index in [9.17, 15) is 4.39 Å². The topological polar surface area (TPSA) is 29.3 Å². The zero-order valence-corrected chi connectivity index (χ0v) is 8.32. The highest BCUT2D eigenvalue weighted by molar-refractivity contribution is 4.90. The fraction of sp³-hybridized carbons (Fsp3) is 0.700.